The summed E-state index contributed by atoms with van der Waals surface area (Å²) < 4.78 is 7.05. The van der Waals surface area contributed by atoms with E-state index < -0.39 is 0 Å². The molecule has 0 fully saturated rings. The number of nitrogen functional groups attached to an aromatic ring is 1. The van der Waals surface area contributed by atoms with Crippen LogP contribution in [0.5, 0.6) is 5.75 Å². The summed E-state index contributed by atoms with van der Waals surface area (Å²) in [6, 6.07) is 7.85. The molecule has 0 radical (unpaired) electrons. The van der Waals surface area contributed by atoms with Crippen molar-refractivity contribution < 1.29 is 4.74 Å². The minimum Gasteiger partial charge on any atom is -0.497 e. The Bertz CT molecular complexity index is 995. The third-order valence-corrected chi connectivity index (χ3v) is 4.18. The molecule has 0 bridgehead atoms. The van der Waals surface area contributed by atoms with Crippen LogP contribution in [-0.4, -0.2) is 31.8 Å². The van der Waals surface area contributed by atoms with Gasteiger partial charge in [0.1, 0.15) is 17.3 Å². The van der Waals surface area contributed by atoms with E-state index in [0.29, 0.717) is 29.5 Å². The number of anilines is 1. The van der Waals surface area contributed by atoms with Crippen LogP contribution in [0, 0.1) is 0 Å². The first-order chi connectivity index (χ1) is 11.7. The van der Waals surface area contributed by atoms with Gasteiger partial charge in [0.05, 0.1) is 24.6 Å². The van der Waals surface area contributed by atoms with Gasteiger partial charge in [0, 0.05) is 11.6 Å². The van der Waals surface area contributed by atoms with Gasteiger partial charge < -0.3 is 10.5 Å². The highest BCUT2D eigenvalue weighted by Crippen LogP contribution is 2.22. The molecule has 0 unspecified atom stereocenters. The minimum absolute atomic E-state index is 0.403. The lowest BCUT2D eigenvalue weighted by molar-refractivity contribution is 0.414. The molecule has 4 rings (SSSR count). The smallest absolute Gasteiger partial charge is 0.187 e. The van der Waals surface area contributed by atoms with E-state index in [9.17, 15) is 0 Å². The maximum Gasteiger partial charge on any atom is 0.187 e. The summed E-state index contributed by atoms with van der Waals surface area (Å²) in [6.45, 7) is 0.596. The Labute approximate surface area is 141 Å². The molecule has 0 saturated heterocycles. The predicted octanol–water partition coefficient (Wildman–Crippen LogP) is 2.59. The van der Waals surface area contributed by atoms with Gasteiger partial charge in [-0.1, -0.05) is 12.1 Å². The monoisotopic (exact) mass is 338 g/mol. The Morgan fingerprint density at radius 1 is 1.29 bits per heavy atom. The number of nitrogens with zero attached hydrogens (tertiary/aromatic N) is 5. The van der Waals surface area contributed by atoms with Gasteiger partial charge in [-0.05, 0) is 17.7 Å². The fraction of sp³-hybridized carbons (Fsp3) is 0.125. The van der Waals surface area contributed by atoms with Crippen molar-refractivity contribution in [1.29, 1.82) is 0 Å². The highest BCUT2D eigenvalue weighted by atomic mass is 32.1. The van der Waals surface area contributed by atoms with E-state index in [4.69, 9.17) is 10.5 Å². The number of hydrogen-bond donors (Lipinski definition) is 1. The third kappa shape index (κ3) is 2.67. The summed E-state index contributed by atoms with van der Waals surface area (Å²) in [4.78, 5) is 13.0. The predicted molar refractivity (Wildman–Crippen MR) is 92.9 cm³/mol. The number of methoxy groups -OCH3 is 1. The standard InChI is InChI=1S/C16H14N6OS/c1-23-11-4-2-3-10(5-11)6-22-7-12-14(17)19-16(20-15(12)21-22)13-8-24-9-18-13/h2-5,7-9H,6H2,1H3,(H2,17,19,20,21). The minimum atomic E-state index is 0.403. The maximum absolute atomic E-state index is 6.07. The summed E-state index contributed by atoms with van der Waals surface area (Å²) in [7, 11) is 1.65. The first-order valence-corrected chi connectivity index (χ1v) is 8.19. The second-order valence-corrected chi connectivity index (χ2v) is 5.94. The summed E-state index contributed by atoms with van der Waals surface area (Å²) >= 11 is 1.49. The Kier molecular flexibility index (Phi) is 3.58. The molecule has 120 valence electrons. The Morgan fingerprint density at radius 2 is 2.21 bits per heavy atom. The van der Waals surface area contributed by atoms with Crippen molar-refractivity contribution in [3.8, 4) is 17.3 Å². The molecule has 0 spiro atoms. The molecular weight excluding hydrogens is 324 g/mol. The second-order valence-electron chi connectivity index (χ2n) is 5.22. The normalized spacial score (nSPS) is 11.0. The molecular formula is C16H14N6OS. The van der Waals surface area contributed by atoms with Crippen LogP contribution in [0.4, 0.5) is 5.82 Å². The quantitative estimate of drug-likeness (QED) is 0.615. The summed E-state index contributed by atoms with van der Waals surface area (Å²) in [5.41, 5.74) is 10.1. The van der Waals surface area contributed by atoms with Crippen molar-refractivity contribution >= 4 is 28.2 Å². The van der Waals surface area contributed by atoms with Crippen LogP contribution in [0.3, 0.4) is 0 Å². The number of thiazole rings is 1. The van der Waals surface area contributed by atoms with Crippen LogP contribution in [0.15, 0.2) is 41.4 Å². The van der Waals surface area contributed by atoms with Crippen molar-refractivity contribution in [3.63, 3.8) is 0 Å². The van der Waals surface area contributed by atoms with Gasteiger partial charge in [0.25, 0.3) is 0 Å². The van der Waals surface area contributed by atoms with Crippen LogP contribution >= 0.6 is 11.3 Å². The van der Waals surface area contributed by atoms with Gasteiger partial charge >= 0.3 is 0 Å². The molecule has 3 heterocycles. The van der Waals surface area contributed by atoms with Crippen molar-refractivity contribution in [2.75, 3.05) is 12.8 Å². The van der Waals surface area contributed by atoms with Gasteiger partial charge in [0.15, 0.2) is 11.5 Å². The van der Waals surface area contributed by atoms with Gasteiger partial charge in [-0.15, -0.1) is 11.3 Å². The van der Waals surface area contributed by atoms with Crippen LogP contribution in [0.2, 0.25) is 0 Å². The summed E-state index contributed by atoms with van der Waals surface area (Å²) in [6.07, 6.45) is 1.86. The molecule has 2 N–H and O–H groups in total. The summed E-state index contributed by atoms with van der Waals surface area (Å²) in [5.74, 6) is 1.71. The molecule has 0 aliphatic heterocycles. The SMILES string of the molecule is COc1cccc(Cn2cc3c(N)nc(-c4cscn4)nc3n2)c1. The lowest BCUT2D eigenvalue weighted by atomic mass is 10.2. The first-order valence-electron chi connectivity index (χ1n) is 7.25. The van der Waals surface area contributed by atoms with E-state index in [2.05, 4.69) is 20.1 Å². The van der Waals surface area contributed by atoms with Crippen molar-refractivity contribution in [3.05, 3.63) is 46.9 Å². The van der Waals surface area contributed by atoms with Gasteiger partial charge in [0.2, 0.25) is 0 Å². The number of fused-ring (bicyclic) bond motifs is 1. The zero-order chi connectivity index (χ0) is 16.5. The number of rotatable bonds is 4. The van der Waals surface area contributed by atoms with Crippen LogP contribution < -0.4 is 10.5 Å². The molecule has 0 saturated carbocycles. The first kappa shape index (κ1) is 14.6. The zero-order valence-electron chi connectivity index (χ0n) is 12.9. The average Bonchev–Trinajstić information content (AvgIpc) is 3.24. The molecule has 8 heteroatoms. The molecule has 0 aliphatic rings. The largest absolute Gasteiger partial charge is 0.497 e. The molecule has 4 aromatic rings. The van der Waals surface area contributed by atoms with E-state index >= 15 is 0 Å². The molecule has 24 heavy (non-hydrogen) atoms. The molecule has 7 nitrogen and oxygen atoms in total. The molecule has 1 aromatic carbocycles. The number of nitrogens with two attached hydrogens (primary N) is 1. The molecule has 3 aromatic heterocycles. The number of aromatic nitrogens is 5. The van der Waals surface area contributed by atoms with Crippen LogP contribution in [0.1, 0.15) is 5.56 Å². The Morgan fingerprint density at radius 3 is 3.00 bits per heavy atom. The molecule has 0 amide bonds. The second kappa shape index (κ2) is 5.89. The van der Waals surface area contributed by atoms with Gasteiger partial charge in [-0.3, -0.25) is 4.68 Å². The fourth-order valence-electron chi connectivity index (χ4n) is 2.45. The van der Waals surface area contributed by atoms with E-state index in [1.165, 1.54) is 11.3 Å². The Hall–Kier alpha value is -3.00. The van der Waals surface area contributed by atoms with E-state index in [-0.39, 0.29) is 0 Å². The van der Waals surface area contributed by atoms with E-state index in [0.717, 1.165) is 16.7 Å². The summed E-state index contributed by atoms with van der Waals surface area (Å²) in [5, 5.41) is 7.13. The van der Waals surface area contributed by atoms with Crippen LogP contribution in [0.25, 0.3) is 22.6 Å². The lowest BCUT2D eigenvalue weighted by Gasteiger charge is -2.04. The van der Waals surface area contributed by atoms with Gasteiger partial charge in [-0.25, -0.2) is 15.0 Å². The zero-order valence-corrected chi connectivity index (χ0v) is 13.7. The number of hydrogen-bond acceptors (Lipinski definition) is 7. The van der Waals surface area contributed by atoms with Gasteiger partial charge in [-0.2, -0.15) is 5.10 Å². The number of ether oxygens (including phenoxy) is 1. The van der Waals surface area contributed by atoms with E-state index in [1.807, 2.05) is 35.8 Å². The van der Waals surface area contributed by atoms with Crippen molar-refractivity contribution in [1.82, 2.24) is 24.7 Å². The van der Waals surface area contributed by atoms with Crippen molar-refractivity contribution in [2.24, 2.45) is 0 Å². The van der Waals surface area contributed by atoms with E-state index in [1.54, 1.807) is 17.3 Å². The molecule has 0 atom stereocenters. The number of benzene rings is 1. The molecule has 0 aliphatic carbocycles. The fourth-order valence-corrected chi connectivity index (χ4v) is 2.98. The van der Waals surface area contributed by atoms with Crippen LogP contribution in [-0.2, 0) is 6.54 Å². The third-order valence-electron chi connectivity index (χ3n) is 3.60. The highest BCUT2D eigenvalue weighted by molar-refractivity contribution is 7.07. The lowest BCUT2D eigenvalue weighted by Crippen LogP contribution is -2.00. The Balaban J connectivity index is 1.71. The average molecular weight is 338 g/mol. The topological polar surface area (TPSA) is 91.7 Å². The maximum atomic E-state index is 6.07. The van der Waals surface area contributed by atoms with Crippen molar-refractivity contribution in [2.45, 2.75) is 6.54 Å². The highest BCUT2D eigenvalue weighted by Gasteiger charge is 2.12.